The summed E-state index contributed by atoms with van der Waals surface area (Å²) in [7, 11) is 0. The Bertz CT molecular complexity index is 108. The first kappa shape index (κ1) is 6.58. The standard InChI is InChI=1S/C7H13NO2/c1-2-10-7(3-8-1)6-4-9-5-6/h6-8H,1-5H2/t7-/m0/s1. The van der Waals surface area contributed by atoms with Crippen LogP contribution in [-0.2, 0) is 9.47 Å². The van der Waals surface area contributed by atoms with Gasteiger partial charge >= 0.3 is 0 Å². The lowest BCUT2D eigenvalue weighted by Gasteiger charge is -2.35. The molecule has 2 heterocycles. The first-order valence-corrected chi connectivity index (χ1v) is 3.87. The Morgan fingerprint density at radius 1 is 1.30 bits per heavy atom. The molecule has 2 fully saturated rings. The summed E-state index contributed by atoms with van der Waals surface area (Å²) in [5.74, 6) is 0.660. The molecule has 0 radical (unpaired) electrons. The number of hydrogen-bond acceptors (Lipinski definition) is 3. The zero-order chi connectivity index (χ0) is 6.81. The Hall–Kier alpha value is -0.120. The van der Waals surface area contributed by atoms with Crippen molar-refractivity contribution in [3.63, 3.8) is 0 Å². The number of nitrogens with one attached hydrogen (secondary N) is 1. The molecular weight excluding hydrogens is 130 g/mol. The number of ether oxygens (including phenoxy) is 2. The van der Waals surface area contributed by atoms with Crippen molar-refractivity contribution in [1.29, 1.82) is 0 Å². The van der Waals surface area contributed by atoms with Crippen molar-refractivity contribution >= 4 is 0 Å². The van der Waals surface area contributed by atoms with Gasteiger partial charge in [-0.05, 0) is 0 Å². The van der Waals surface area contributed by atoms with E-state index in [1.165, 1.54) is 0 Å². The quantitative estimate of drug-likeness (QED) is 0.543. The SMILES string of the molecule is C1CO[C@H](C2COC2)CN1. The van der Waals surface area contributed by atoms with Crippen molar-refractivity contribution in [2.45, 2.75) is 6.10 Å². The molecule has 0 bridgehead atoms. The average molecular weight is 143 g/mol. The van der Waals surface area contributed by atoms with E-state index >= 15 is 0 Å². The van der Waals surface area contributed by atoms with Crippen molar-refractivity contribution in [1.82, 2.24) is 5.32 Å². The number of hydrogen-bond donors (Lipinski definition) is 1. The lowest BCUT2D eigenvalue weighted by molar-refractivity contribution is -0.121. The van der Waals surface area contributed by atoms with E-state index in [0.29, 0.717) is 12.0 Å². The van der Waals surface area contributed by atoms with Gasteiger partial charge in [-0.25, -0.2) is 0 Å². The highest BCUT2D eigenvalue weighted by Gasteiger charge is 2.29. The maximum atomic E-state index is 5.54. The van der Waals surface area contributed by atoms with Crippen LogP contribution in [0, 0.1) is 5.92 Å². The third-order valence-electron chi connectivity index (χ3n) is 2.15. The molecule has 2 aliphatic heterocycles. The van der Waals surface area contributed by atoms with Gasteiger partial charge in [-0.2, -0.15) is 0 Å². The number of rotatable bonds is 1. The van der Waals surface area contributed by atoms with Crippen LogP contribution in [0.3, 0.4) is 0 Å². The summed E-state index contributed by atoms with van der Waals surface area (Å²) >= 11 is 0. The van der Waals surface area contributed by atoms with Gasteiger partial charge in [0.1, 0.15) is 0 Å². The highest BCUT2D eigenvalue weighted by atomic mass is 16.5. The minimum atomic E-state index is 0.419. The van der Waals surface area contributed by atoms with E-state index < -0.39 is 0 Å². The van der Waals surface area contributed by atoms with Crippen LogP contribution in [0.25, 0.3) is 0 Å². The monoisotopic (exact) mass is 143 g/mol. The van der Waals surface area contributed by atoms with Crippen LogP contribution >= 0.6 is 0 Å². The molecule has 3 heteroatoms. The first-order valence-electron chi connectivity index (χ1n) is 3.87. The lowest BCUT2D eigenvalue weighted by atomic mass is 10.00. The van der Waals surface area contributed by atoms with Gasteiger partial charge in [-0.15, -0.1) is 0 Å². The van der Waals surface area contributed by atoms with Crippen LogP contribution in [-0.4, -0.2) is 39.0 Å². The highest BCUT2D eigenvalue weighted by molar-refractivity contribution is 4.79. The minimum Gasteiger partial charge on any atom is -0.380 e. The molecule has 0 aromatic carbocycles. The molecule has 10 heavy (non-hydrogen) atoms. The summed E-state index contributed by atoms with van der Waals surface area (Å²) in [4.78, 5) is 0. The first-order chi connectivity index (χ1) is 4.97. The molecule has 58 valence electrons. The fourth-order valence-corrected chi connectivity index (χ4v) is 1.36. The Morgan fingerprint density at radius 3 is 2.70 bits per heavy atom. The molecule has 0 unspecified atom stereocenters. The topological polar surface area (TPSA) is 30.5 Å². The van der Waals surface area contributed by atoms with E-state index in [1.807, 2.05) is 0 Å². The molecular formula is C7H13NO2. The second-order valence-corrected chi connectivity index (χ2v) is 2.91. The summed E-state index contributed by atoms with van der Waals surface area (Å²) in [5, 5.41) is 3.30. The second-order valence-electron chi connectivity index (χ2n) is 2.91. The van der Waals surface area contributed by atoms with E-state index in [1.54, 1.807) is 0 Å². The summed E-state index contributed by atoms with van der Waals surface area (Å²) in [6.07, 6.45) is 0.419. The minimum absolute atomic E-state index is 0.419. The molecule has 1 N–H and O–H groups in total. The lowest BCUT2D eigenvalue weighted by Crippen LogP contribution is -2.49. The van der Waals surface area contributed by atoms with E-state index in [-0.39, 0.29) is 0 Å². The maximum Gasteiger partial charge on any atom is 0.0772 e. The van der Waals surface area contributed by atoms with Crippen LogP contribution < -0.4 is 5.32 Å². The summed E-state index contributed by atoms with van der Waals surface area (Å²) < 4.78 is 10.6. The molecule has 0 aliphatic carbocycles. The van der Waals surface area contributed by atoms with Crippen LogP contribution in [0.5, 0.6) is 0 Å². The Kier molecular flexibility index (Phi) is 1.88. The molecule has 3 nitrogen and oxygen atoms in total. The molecule has 0 spiro atoms. The third kappa shape index (κ3) is 1.17. The van der Waals surface area contributed by atoms with Crippen molar-refractivity contribution in [3.05, 3.63) is 0 Å². The normalized spacial score (nSPS) is 35.4. The summed E-state index contributed by atoms with van der Waals surface area (Å²) in [6.45, 7) is 4.66. The highest BCUT2D eigenvalue weighted by Crippen LogP contribution is 2.18. The fraction of sp³-hybridized carbons (Fsp3) is 1.00. The predicted octanol–water partition coefficient (Wildman–Crippen LogP) is -0.379. The Balaban J connectivity index is 1.78. The fourth-order valence-electron chi connectivity index (χ4n) is 1.36. The van der Waals surface area contributed by atoms with Crippen LogP contribution in [0.2, 0.25) is 0 Å². The van der Waals surface area contributed by atoms with E-state index in [9.17, 15) is 0 Å². The van der Waals surface area contributed by atoms with Gasteiger partial charge in [0.15, 0.2) is 0 Å². The molecule has 2 rings (SSSR count). The van der Waals surface area contributed by atoms with Gasteiger partial charge in [-0.1, -0.05) is 0 Å². The van der Waals surface area contributed by atoms with Crippen molar-refractivity contribution < 1.29 is 9.47 Å². The Morgan fingerprint density at radius 2 is 2.20 bits per heavy atom. The van der Waals surface area contributed by atoms with Crippen molar-refractivity contribution in [3.8, 4) is 0 Å². The summed E-state index contributed by atoms with van der Waals surface area (Å²) in [5.41, 5.74) is 0. The maximum absolute atomic E-state index is 5.54. The average Bonchev–Trinajstić information content (AvgIpc) is 1.86. The van der Waals surface area contributed by atoms with Gasteiger partial charge in [0.25, 0.3) is 0 Å². The van der Waals surface area contributed by atoms with Crippen LogP contribution in [0.15, 0.2) is 0 Å². The molecule has 2 saturated heterocycles. The van der Waals surface area contributed by atoms with E-state index in [2.05, 4.69) is 5.32 Å². The molecule has 0 amide bonds. The van der Waals surface area contributed by atoms with E-state index in [4.69, 9.17) is 9.47 Å². The zero-order valence-electron chi connectivity index (χ0n) is 6.01. The van der Waals surface area contributed by atoms with Gasteiger partial charge in [0.05, 0.1) is 25.9 Å². The molecule has 0 saturated carbocycles. The van der Waals surface area contributed by atoms with E-state index in [0.717, 1.165) is 32.9 Å². The van der Waals surface area contributed by atoms with Gasteiger partial charge in [0, 0.05) is 19.0 Å². The van der Waals surface area contributed by atoms with Crippen LogP contribution in [0.1, 0.15) is 0 Å². The van der Waals surface area contributed by atoms with Gasteiger partial charge in [-0.3, -0.25) is 0 Å². The Labute approximate surface area is 60.7 Å². The molecule has 1 atom stereocenters. The number of morpholine rings is 1. The van der Waals surface area contributed by atoms with Crippen molar-refractivity contribution in [2.75, 3.05) is 32.9 Å². The van der Waals surface area contributed by atoms with Gasteiger partial charge < -0.3 is 14.8 Å². The van der Waals surface area contributed by atoms with Gasteiger partial charge in [0.2, 0.25) is 0 Å². The molecule has 0 aromatic heterocycles. The zero-order valence-corrected chi connectivity index (χ0v) is 6.01. The second kappa shape index (κ2) is 2.86. The molecule has 2 aliphatic rings. The molecule has 0 aromatic rings. The largest absolute Gasteiger partial charge is 0.380 e. The van der Waals surface area contributed by atoms with Crippen molar-refractivity contribution in [2.24, 2.45) is 5.92 Å². The smallest absolute Gasteiger partial charge is 0.0772 e. The summed E-state index contributed by atoms with van der Waals surface area (Å²) in [6, 6.07) is 0. The van der Waals surface area contributed by atoms with Crippen LogP contribution in [0.4, 0.5) is 0 Å². The third-order valence-corrected chi connectivity index (χ3v) is 2.15. The predicted molar refractivity (Wildman–Crippen MR) is 36.9 cm³/mol.